The van der Waals surface area contributed by atoms with Gasteiger partial charge in [-0.1, -0.05) is 5.16 Å². The quantitative estimate of drug-likeness (QED) is 0.614. The summed E-state index contributed by atoms with van der Waals surface area (Å²) >= 11 is 0. The average Bonchev–Trinajstić information content (AvgIpc) is 3.03. The van der Waals surface area contributed by atoms with Crippen LogP contribution >= 0.6 is 0 Å². The molecule has 2 aromatic heterocycles. The molecule has 0 amide bonds. The molecule has 0 N–H and O–H groups in total. The van der Waals surface area contributed by atoms with E-state index in [0.717, 1.165) is 17.1 Å². The number of nitrogens with zero attached hydrogens (tertiary/aromatic N) is 4. The van der Waals surface area contributed by atoms with E-state index in [-0.39, 0.29) is 23.4 Å². The summed E-state index contributed by atoms with van der Waals surface area (Å²) in [5, 5.41) is 4.85. The first-order chi connectivity index (χ1) is 12.8. The Bertz CT molecular complexity index is 977. The van der Waals surface area contributed by atoms with Crippen molar-refractivity contribution in [1.29, 1.82) is 0 Å². The Labute approximate surface area is 152 Å². The van der Waals surface area contributed by atoms with Gasteiger partial charge in [0.25, 0.3) is 0 Å². The molecule has 3 aromatic rings. The number of alkyl halides is 3. The first kappa shape index (κ1) is 17.7. The van der Waals surface area contributed by atoms with Gasteiger partial charge in [0, 0.05) is 36.5 Å². The summed E-state index contributed by atoms with van der Waals surface area (Å²) in [5.41, 5.74) is 0.227. The van der Waals surface area contributed by atoms with Crippen molar-refractivity contribution in [3.8, 4) is 0 Å². The summed E-state index contributed by atoms with van der Waals surface area (Å²) in [6, 6.07) is 5.29. The Morgan fingerprint density at radius 3 is 2.56 bits per heavy atom. The Morgan fingerprint density at radius 1 is 1.11 bits per heavy atom. The lowest BCUT2D eigenvalue weighted by molar-refractivity contribution is -0.141. The molecule has 1 aromatic carbocycles. The molecule has 0 radical (unpaired) electrons. The molecule has 1 fully saturated rings. The number of halogens is 4. The summed E-state index contributed by atoms with van der Waals surface area (Å²) in [4.78, 5) is 9.46. The zero-order valence-corrected chi connectivity index (χ0v) is 14.4. The molecule has 9 heteroatoms. The van der Waals surface area contributed by atoms with Crippen LogP contribution in [0.1, 0.15) is 36.0 Å². The topological polar surface area (TPSA) is 55.1 Å². The van der Waals surface area contributed by atoms with Gasteiger partial charge < -0.3 is 9.42 Å². The van der Waals surface area contributed by atoms with Crippen LogP contribution in [-0.2, 0) is 6.18 Å². The van der Waals surface area contributed by atoms with Gasteiger partial charge in [0.2, 0.25) is 0 Å². The summed E-state index contributed by atoms with van der Waals surface area (Å²) < 4.78 is 57.5. The SMILES string of the molecule is Cc1nc(N2CCC(c3noc4cc(F)ccc34)CC2)cc(C(F)(F)F)n1. The average molecular weight is 380 g/mol. The van der Waals surface area contributed by atoms with Gasteiger partial charge in [-0.05, 0) is 31.9 Å². The van der Waals surface area contributed by atoms with Crippen molar-refractivity contribution in [2.24, 2.45) is 0 Å². The maximum absolute atomic E-state index is 13.3. The van der Waals surface area contributed by atoms with Crippen LogP contribution in [0.15, 0.2) is 28.8 Å². The fourth-order valence-corrected chi connectivity index (χ4v) is 3.47. The van der Waals surface area contributed by atoms with Crippen molar-refractivity contribution in [2.75, 3.05) is 18.0 Å². The van der Waals surface area contributed by atoms with Gasteiger partial charge in [-0.3, -0.25) is 0 Å². The lowest BCUT2D eigenvalue weighted by Crippen LogP contribution is -2.34. The molecule has 0 spiro atoms. The van der Waals surface area contributed by atoms with E-state index in [1.807, 2.05) is 4.90 Å². The highest BCUT2D eigenvalue weighted by Gasteiger charge is 2.34. The second-order valence-electron chi connectivity index (χ2n) is 6.63. The Balaban J connectivity index is 1.53. The zero-order valence-electron chi connectivity index (χ0n) is 14.4. The maximum Gasteiger partial charge on any atom is 0.433 e. The molecule has 5 nitrogen and oxygen atoms in total. The first-order valence-electron chi connectivity index (χ1n) is 8.54. The second-order valence-corrected chi connectivity index (χ2v) is 6.63. The van der Waals surface area contributed by atoms with E-state index in [1.165, 1.54) is 19.1 Å². The normalized spacial score (nSPS) is 16.3. The monoisotopic (exact) mass is 380 g/mol. The van der Waals surface area contributed by atoms with Crippen molar-refractivity contribution < 1.29 is 22.1 Å². The van der Waals surface area contributed by atoms with Gasteiger partial charge in [-0.15, -0.1) is 0 Å². The van der Waals surface area contributed by atoms with Gasteiger partial charge >= 0.3 is 6.18 Å². The lowest BCUT2D eigenvalue weighted by atomic mass is 9.91. The van der Waals surface area contributed by atoms with Crippen molar-refractivity contribution in [3.63, 3.8) is 0 Å². The molecular weight excluding hydrogens is 364 g/mol. The standard InChI is InChI=1S/C18H16F4N4O/c1-10-23-15(18(20,21)22)9-16(24-10)26-6-4-11(5-7-26)17-13-3-2-12(19)8-14(13)27-25-17/h2-3,8-9,11H,4-7H2,1H3. The summed E-state index contributed by atoms with van der Waals surface area (Å²) in [6.45, 7) is 2.52. The Hall–Kier alpha value is -2.71. The summed E-state index contributed by atoms with van der Waals surface area (Å²) in [7, 11) is 0. The third-order valence-corrected chi connectivity index (χ3v) is 4.78. The number of fused-ring (bicyclic) bond motifs is 1. The van der Waals surface area contributed by atoms with Gasteiger partial charge in [0.15, 0.2) is 5.58 Å². The number of piperidine rings is 1. The van der Waals surface area contributed by atoms with Crippen molar-refractivity contribution in [2.45, 2.75) is 31.9 Å². The van der Waals surface area contributed by atoms with E-state index < -0.39 is 11.9 Å². The summed E-state index contributed by atoms with van der Waals surface area (Å²) in [6.07, 6.45) is -3.14. The fourth-order valence-electron chi connectivity index (χ4n) is 3.47. The van der Waals surface area contributed by atoms with E-state index in [9.17, 15) is 17.6 Å². The first-order valence-corrected chi connectivity index (χ1v) is 8.54. The van der Waals surface area contributed by atoms with Crippen molar-refractivity contribution >= 4 is 16.8 Å². The molecule has 27 heavy (non-hydrogen) atoms. The molecule has 0 saturated carbocycles. The van der Waals surface area contributed by atoms with Crippen molar-refractivity contribution in [1.82, 2.24) is 15.1 Å². The number of aryl methyl sites for hydroxylation is 1. The van der Waals surface area contributed by atoms with Crippen LogP contribution in [0.2, 0.25) is 0 Å². The minimum absolute atomic E-state index is 0.0893. The predicted molar refractivity (Wildman–Crippen MR) is 89.9 cm³/mol. The van der Waals surface area contributed by atoms with Gasteiger partial charge in [0.1, 0.15) is 23.2 Å². The van der Waals surface area contributed by atoms with E-state index in [2.05, 4.69) is 15.1 Å². The largest absolute Gasteiger partial charge is 0.433 e. The van der Waals surface area contributed by atoms with E-state index in [4.69, 9.17) is 4.52 Å². The second kappa shape index (κ2) is 6.47. The van der Waals surface area contributed by atoms with E-state index in [1.54, 1.807) is 6.07 Å². The van der Waals surface area contributed by atoms with Crippen LogP contribution in [-0.4, -0.2) is 28.2 Å². The van der Waals surface area contributed by atoms with Crippen molar-refractivity contribution in [3.05, 3.63) is 47.3 Å². The number of aromatic nitrogens is 3. The van der Waals surface area contributed by atoms with Crippen LogP contribution in [0.3, 0.4) is 0 Å². The highest BCUT2D eigenvalue weighted by atomic mass is 19.4. The predicted octanol–water partition coefficient (Wildman–Crippen LogP) is 4.47. The fraction of sp³-hybridized carbons (Fsp3) is 0.389. The molecular formula is C18H16F4N4O. The zero-order chi connectivity index (χ0) is 19.2. The number of anilines is 1. The minimum Gasteiger partial charge on any atom is -0.356 e. The van der Waals surface area contributed by atoms with Gasteiger partial charge in [0.05, 0.1) is 5.69 Å². The van der Waals surface area contributed by atoms with Crippen LogP contribution in [0.5, 0.6) is 0 Å². The highest BCUT2D eigenvalue weighted by molar-refractivity contribution is 5.80. The molecule has 1 saturated heterocycles. The molecule has 3 heterocycles. The van der Waals surface area contributed by atoms with Crippen LogP contribution in [0.4, 0.5) is 23.4 Å². The molecule has 0 bridgehead atoms. The number of rotatable bonds is 2. The number of hydrogen-bond donors (Lipinski definition) is 0. The van der Waals surface area contributed by atoms with E-state index >= 15 is 0 Å². The molecule has 1 aliphatic heterocycles. The lowest BCUT2D eigenvalue weighted by Gasteiger charge is -2.32. The number of hydrogen-bond acceptors (Lipinski definition) is 5. The maximum atomic E-state index is 13.3. The molecule has 0 unspecified atom stereocenters. The van der Waals surface area contributed by atoms with Crippen LogP contribution in [0.25, 0.3) is 11.0 Å². The van der Waals surface area contributed by atoms with Crippen LogP contribution in [0, 0.1) is 12.7 Å². The summed E-state index contributed by atoms with van der Waals surface area (Å²) in [5.74, 6) is 0.0735. The molecule has 142 valence electrons. The Morgan fingerprint density at radius 2 is 1.85 bits per heavy atom. The Kier molecular flexibility index (Phi) is 4.24. The third kappa shape index (κ3) is 3.45. The van der Waals surface area contributed by atoms with E-state index in [0.29, 0.717) is 31.5 Å². The molecule has 4 rings (SSSR count). The molecule has 0 aliphatic carbocycles. The van der Waals surface area contributed by atoms with Gasteiger partial charge in [-0.2, -0.15) is 13.2 Å². The minimum atomic E-state index is -4.50. The molecule has 0 atom stereocenters. The highest BCUT2D eigenvalue weighted by Crippen LogP contribution is 2.35. The van der Waals surface area contributed by atoms with Gasteiger partial charge in [-0.25, -0.2) is 14.4 Å². The smallest absolute Gasteiger partial charge is 0.356 e. The number of benzene rings is 1. The molecule has 1 aliphatic rings. The van der Waals surface area contributed by atoms with Crippen LogP contribution < -0.4 is 4.90 Å². The third-order valence-electron chi connectivity index (χ3n) is 4.78.